The van der Waals surface area contributed by atoms with Gasteiger partial charge in [-0.3, -0.25) is 4.66 Å². The molecule has 0 bridgehead atoms. The third kappa shape index (κ3) is 5.43. The SMILES string of the molecule is FC(F)(F)c1cccc(C2=CCN(CCc3ccc4ccccc4c3)C=C2)c1.OCl. The van der Waals surface area contributed by atoms with Crippen molar-refractivity contribution in [2.24, 2.45) is 0 Å². The van der Waals surface area contributed by atoms with E-state index in [9.17, 15) is 13.2 Å². The normalized spacial score (nSPS) is 13.6. The number of hydrogen-bond acceptors (Lipinski definition) is 2. The first-order valence-corrected chi connectivity index (χ1v) is 9.77. The van der Waals surface area contributed by atoms with Crippen LogP contribution >= 0.6 is 11.9 Å². The van der Waals surface area contributed by atoms with Crippen molar-refractivity contribution in [1.82, 2.24) is 4.90 Å². The summed E-state index contributed by atoms with van der Waals surface area (Å²) in [6.07, 6.45) is 2.44. The fourth-order valence-corrected chi connectivity index (χ4v) is 3.45. The van der Waals surface area contributed by atoms with Crippen molar-refractivity contribution in [3.63, 3.8) is 0 Å². The summed E-state index contributed by atoms with van der Waals surface area (Å²) in [5.74, 6) is 0. The fourth-order valence-electron chi connectivity index (χ4n) is 3.45. The Morgan fingerprint density at radius 2 is 1.67 bits per heavy atom. The zero-order valence-corrected chi connectivity index (χ0v) is 16.9. The van der Waals surface area contributed by atoms with Crippen molar-refractivity contribution in [2.45, 2.75) is 12.6 Å². The molecule has 0 aliphatic carbocycles. The van der Waals surface area contributed by atoms with Crippen molar-refractivity contribution in [2.75, 3.05) is 13.1 Å². The molecule has 1 heterocycles. The number of nitrogens with zero attached hydrogens (tertiary/aromatic N) is 1. The molecular formula is C24H21ClF3NO. The Morgan fingerprint density at radius 3 is 2.37 bits per heavy atom. The first kappa shape index (κ1) is 21.9. The molecule has 1 aliphatic rings. The summed E-state index contributed by atoms with van der Waals surface area (Å²) in [7, 11) is 0. The van der Waals surface area contributed by atoms with Crippen LogP contribution in [0, 0.1) is 0 Å². The number of halogens is 4. The van der Waals surface area contributed by atoms with E-state index >= 15 is 0 Å². The van der Waals surface area contributed by atoms with E-state index in [4.69, 9.17) is 4.66 Å². The zero-order chi connectivity index (χ0) is 21.6. The van der Waals surface area contributed by atoms with Crippen LogP contribution < -0.4 is 0 Å². The maximum atomic E-state index is 12.9. The molecule has 0 fully saturated rings. The average molecular weight is 432 g/mol. The molecule has 1 aliphatic heterocycles. The number of fused-ring (bicyclic) bond motifs is 1. The van der Waals surface area contributed by atoms with Crippen molar-refractivity contribution in [1.29, 1.82) is 0 Å². The Hall–Kier alpha value is -2.76. The third-order valence-corrected chi connectivity index (χ3v) is 5.04. The molecule has 30 heavy (non-hydrogen) atoms. The van der Waals surface area contributed by atoms with Crippen molar-refractivity contribution in [3.05, 3.63) is 102 Å². The van der Waals surface area contributed by atoms with Crippen molar-refractivity contribution >= 4 is 28.2 Å². The number of rotatable bonds is 4. The quantitative estimate of drug-likeness (QED) is 0.513. The number of hydrogen-bond donors (Lipinski definition) is 1. The van der Waals surface area contributed by atoms with Gasteiger partial charge in [0.2, 0.25) is 0 Å². The van der Waals surface area contributed by atoms with Crippen molar-refractivity contribution in [3.8, 4) is 0 Å². The molecule has 3 aromatic rings. The molecule has 0 saturated carbocycles. The molecule has 2 nitrogen and oxygen atoms in total. The molecule has 0 saturated heterocycles. The Bertz CT molecular complexity index is 1060. The second kappa shape index (κ2) is 9.83. The van der Waals surface area contributed by atoms with Crippen molar-refractivity contribution < 1.29 is 17.8 Å². The van der Waals surface area contributed by atoms with Gasteiger partial charge in [-0.1, -0.05) is 60.7 Å². The van der Waals surface area contributed by atoms with Crippen LogP contribution in [-0.2, 0) is 12.6 Å². The second-order valence-corrected chi connectivity index (χ2v) is 6.98. The molecule has 4 rings (SSSR count). The summed E-state index contributed by atoms with van der Waals surface area (Å²) in [5.41, 5.74) is 2.09. The van der Waals surface area contributed by atoms with E-state index in [2.05, 4.69) is 47.1 Å². The lowest BCUT2D eigenvalue weighted by molar-refractivity contribution is -0.137. The van der Waals surface area contributed by atoms with Gasteiger partial charge in [-0.15, -0.1) is 0 Å². The molecule has 0 amide bonds. The first-order valence-electron chi connectivity index (χ1n) is 9.44. The molecule has 0 aromatic heterocycles. The molecule has 0 unspecified atom stereocenters. The smallest absolute Gasteiger partial charge is 0.373 e. The molecule has 0 atom stereocenters. The Labute approximate surface area is 178 Å². The molecule has 0 spiro atoms. The van der Waals surface area contributed by atoms with E-state index in [0.29, 0.717) is 12.1 Å². The van der Waals surface area contributed by atoms with E-state index < -0.39 is 11.7 Å². The van der Waals surface area contributed by atoms with E-state index in [1.165, 1.54) is 28.5 Å². The second-order valence-electron chi connectivity index (χ2n) is 6.98. The highest BCUT2D eigenvalue weighted by atomic mass is 35.5. The Morgan fingerprint density at radius 1 is 0.900 bits per heavy atom. The highest BCUT2D eigenvalue weighted by Crippen LogP contribution is 2.31. The van der Waals surface area contributed by atoms with Crippen LogP contribution in [0.15, 0.2) is 85.1 Å². The van der Waals surface area contributed by atoms with E-state index in [0.717, 1.165) is 24.6 Å². The lowest BCUT2D eigenvalue weighted by Gasteiger charge is -2.23. The lowest BCUT2D eigenvalue weighted by atomic mass is 10.0. The summed E-state index contributed by atoms with van der Waals surface area (Å²) in [6, 6.07) is 20.3. The third-order valence-electron chi connectivity index (χ3n) is 5.04. The van der Waals surface area contributed by atoms with E-state index in [1.807, 2.05) is 30.5 Å². The van der Waals surface area contributed by atoms with Gasteiger partial charge in [-0.25, -0.2) is 0 Å². The largest absolute Gasteiger partial charge is 0.416 e. The minimum atomic E-state index is -4.32. The van der Waals surface area contributed by atoms with Crippen LogP contribution in [-0.4, -0.2) is 22.6 Å². The Kier molecular flexibility index (Phi) is 7.19. The minimum Gasteiger partial charge on any atom is -0.373 e. The van der Waals surface area contributed by atoms with Gasteiger partial charge in [-0.05, 0) is 58.3 Å². The molecule has 156 valence electrons. The highest BCUT2D eigenvalue weighted by Gasteiger charge is 2.30. The molecule has 1 N–H and O–H groups in total. The molecular weight excluding hydrogens is 411 g/mol. The summed E-state index contributed by atoms with van der Waals surface area (Å²) < 4.78 is 45.2. The standard InChI is InChI=1S/C24H20F3N.ClHO/c25-24(26,27)23-7-3-6-22(17-23)20-11-14-28(15-12-20)13-10-18-8-9-19-4-1-2-5-21(19)16-18;1-2/h1-9,11-12,14,16-17H,10,13,15H2;2H. The predicted molar refractivity (Wildman–Crippen MR) is 116 cm³/mol. The number of alkyl halides is 3. The van der Waals surface area contributed by atoms with E-state index in [-0.39, 0.29) is 0 Å². The number of allylic oxidation sites excluding steroid dienone is 2. The van der Waals surface area contributed by atoms with Gasteiger partial charge in [0.05, 0.1) is 17.4 Å². The van der Waals surface area contributed by atoms with Gasteiger partial charge in [0.25, 0.3) is 0 Å². The summed E-state index contributed by atoms with van der Waals surface area (Å²) >= 11 is 3.64. The van der Waals surface area contributed by atoms with Crippen LogP contribution in [0.1, 0.15) is 16.7 Å². The van der Waals surface area contributed by atoms with Crippen LogP contribution in [0.4, 0.5) is 13.2 Å². The van der Waals surface area contributed by atoms with Crippen LogP contribution in [0.5, 0.6) is 0 Å². The van der Waals surface area contributed by atoms with Gasteiger partial charge < -0.3 is 4.90 Å². The molecule has 3 aromatic carbocycles. The van der Waals surface area contributed by atoms with Gasteiger partial charge in [0.1, 0.15) is 0 Å². The highest BCUT2D eigenvalue weighted by molar-refractivity contribution is 6.04. The monoisotopic (exact) mass is 431 g/mol. The first-order chi connectivity index (χ1) is 14.5. The minimum absolute atomic E-state index is 0.597. The van der Waals surface area contributed by atoms with Gasteiger partial charge in [0.15, 0.2) is 0 Å². The lowest BCUT2D eigenvalue weighted by Crippen LogP contribution is -2.22. The summed E-state index contributed by atoms with van der Waals surface area (Å²) in [6.45, 7) is 1.55. The van der Waals surface area contributed by atoms with E-state index in [1.54, 1.807) is 6.07 Å². The van der Waals surface area contributed by atoms with Gasteiger partial charge in [0, 0.05) is 13.1 Å². The topological polar surface area (TPSA) is 23.5 Å². The fraction of sp³-hybridized carbons (Fsp3) is 0.167. The van der Waals surface area contributed by atoms with Crippen LogP contribution in [0.2, 0.25) is 0 Å². The average Bonchev–Trinajstić information content (AvgIpc) is 2.79. The summed E-state index contributed by atoms with van der Waals surface area (Å²) in [4.78, 5) is 2.17. The van der Waals surface area contributed by atoms with Gasteiger partial charge in [-0.2, -0.15) is 13.2 Å². The maximum absolute atomic E-state index is 12.9. The molecule has 0 radical (unpaired) electrons. The van der Waals surface area contributed by atoms with Crippen LogP contribution in [0.25, 0.3) is 16.3 Å². The maximum Gasteiger partial charge on any atom is 0.416 e. The van der Waals surface area contributed by atoms with Crippen LogP contribution in [0.3, 0.4) is 0 Å². The predicted octanol–water partition coefficient (Wildman–Crippen LogP) is 6.45. The summed E-state index contributed by atoms with van der Waals surface area (Å²) in [5, 5.41) is 2.47. The Balaban J connectivity index is 0.00000124. The molecule has 6 heteroatoms. The number of benzene rings is 3. The van der Waals surface area contributed by atoms with Gasteiger partial charge >= 0.3 is 6.18 Å². The zero-order valence-electron chi connectivity index (χ0n) is 16.1.